The van der Waals surface area contributed by atoms with Gasteiger partial charge in [0.1, 0.15) is 0 Å². The summed E-state index contributed by atoms with van der Waals surface area (Å²) in [6.45, 7) is -2.17. The van der Waals surface area contributed by atoms with Gasteiger partial charge in [-0.05, 0) is 0 Å². The fourth-order valence-corrected chi connectivity index (χ4v) is 2.10. The van der Waals surface area contributed by atoms with E-state index < -0.39 is 58.8 Å². The third-order valence-electron chi connectivity index (χ3n) is 3.00. The molecule has 3 rings (SSSR count). The van der Waals surface area contributed by atoms with E-state index in [9.17, 15) is 26.3 Å². The van der Waals surface area contributed by atoms with Crippen molar-refractivity contribution in [2.45, 2.75) is 0 Å². The highest BCUT2D eigenvalue weighted by molar-refractivity contribution is 6.95. The molecule has 0 unspecified atom stereocenters. The predicted octanol–water partition coefficient (Wildman–Crippen LogP) is -0.793. The number of H-pyrrole nitrogens is 3. The lowest BCUT2D eigenvalue weighted by molar-refractivity contribution is 0.572. The zero-order valence-electron chi connectivity index (χ0n) is 10.2. The molecule has 0 saturated heterocycles. The Labute approximate surface area is 117 Å². The summed E-state index contributed by atoms with van der Waals surface area (Å²) >= 11 is 0. The molecule has 0 saturated carbocycles. The van der Waals surface area contributed by atoms with Crippen LogP contribution in [-0.2, 0) is 0 Å². The van der Waals surface area contributed by atoms with Crippen molar-refractivity contribution >= 4 is 23.1 Å². The van der Waals surface area contributed by atoms with Gasteiger partial charge < -0.3 is 0 Å². The zero-order chi connectivity index (χ0) is 16.0. The number of hydrogen-bond acceptors (Lipinski definition) is 3. The van der Waals surface area contributed by atoms with Crippen LogP contribution in [0.5, 0.6) is 0 Å². The lowest BCUT2D eigenvalue weighted by Crippen LogP contribution is -2.57. The van der Waals surface area contributed by atoms with Gasteiger partial charge >= 0.3 is 0 Å². The number of aromatic nitrogens is 6. The SMILES string of the molecule is Fc1n[nH]c(F)c1B(c1c(F)n[nH]c1F)c1c(F)n[nH]c1F. The zero-order valence-corrected chi connectivity index (χ0v) is 10.2. The maximum atomic E-state index is 13.7. The summed E-state index contributed by atoms with van der Waals surface area (Å²) in [5.41, 5.74) is -3.25. The van der Waals surface area contributed by atoms with Crippen molar-refractivity contribution < 1.29 is 26.3 Å². The largest absolute Gasteiger partial charge is 0.277 e. The third-order valence-corrected chi connectivity index (χ3v) is 3.00. The minimum atomic E-state index is -2.17. The lowest BCUT2D eigenvalue weighted by Gasteiger charge is -2.09. The van der Waals surface area contributed by atoms with E-state index in [1.807, 2.05) is 0 Å². The van der Waals surface area contributed by atoms with Gasteiger partial charge in [-0.3, -0.25) is 15.3 Å². The van der Waals surface area contributed by atoms with Crippen molar-refractivity contribution in [2.24, 2.45) is 0 Å². The van der Waals surface area contributed by atoms with E-state index in [0.29, 0.717) is 0 Å². The fraction of sp³-hybridized carbons (Fsp3) is 0. The molecule has 0 fully saturated rings. The van der Waals surface area contributed by atoms with Crippen LogP contribution in [0.15, 0.2) is 0 Å². The van der Waals surface area contributed by atoms with Gasteiger partial charge in [0.15, 0.2) is 0 Å². The van der Waals surface area contributed by atoms with Gasteiger partial charge in [-0.25, -0.2) is 0 Å². The molecule has 0 amide bonds. The van der Waals surface area contributed by atoms with Crippen molar-refractivity contribution in [3.63, 3.8) is 0 Å². The molecular formula is C9H3BF6N6. The van der Waals surface area contributed by atoms with Gasteiger partial charge in [-0.2, -0.15) is 26.3 Å². The Balaban J connectivity index is 2.34. The summed E-state index contributed by atoms with van der Waals surface area (Å²) in [7, 11) is 0. The first-order valence-electron chi connectivity index (χ1n) is 5.59. The normalized spacial score (nSPS) is 11.2. The van der Waals surface area contributed by atoms with Gasteiger partial charge in [0.05, 0.1) is 0 Å². The van der Waals surface area contributed by atoms with Crippen molar-refractivity contribution in [2.75, 3.05) is 0 Å². The molecule has 6 nitrogen and oxygen atoms in total. The maximum Gasteiger partial charge on any atom is 0.277 e. The van der Waals surface area contributed by atoms with Gasteiger partial charge in [0, 0.05) is 16.4 Å². The molecule has 0 aliphatic rings. The van der Waals surface area contributed by atoms with Crippen LogP contribution in [-0.4, -0.2) is 37.3 Å². The molecule has 3 heterocycles. The molecule has 0 spiro atoms. The van der Waals surface area contributed by atoms with Crippen LogP contribution in [0.25, 0.3) is 0 Å². The number of nitrogens with one attached hydrogen (secondary N) is 3. The van der Waals surface area contributed by atoms with Gasteiger partial charge in [0.25, 0.3) is 6.71 Å². The molecule has 0 bridgehead atoms. The Morgan fingerprint density at radius 1 is 0.545 bits per heavy atom. The van der Waals surface area contributed by atoms with Crippen molar-refractivity contribution in [3.8, 4) is 0 Å². The molecule has 3 aromatic rings. The Hall–Kier alpha value is -2.73. The predicted molar refractivity (Wildman–Crippen MR) is 60.2 cm³/mol. The molecule has 22 heavy (non-hydrogen) atoms. The van der Waals surface area contributed by atoms with Gasteiger partial charge in [-0.15, -0.1) is 15.3 Å². The minimum absolute atomic E-state index is 1.08. The summed E-state index contributed by atoms with van der Waals surface area (Å²) in [5.74, 6) is -8.94. The molecule has 114 valence electrons. The topological polar surface area (TPSA) is 86.0 Å². The Morgan fingerprint density at radius 2 is 0.818 bits per heavy atom. The van der Waals surface area contributed by atoms with Crippen LogP contribution in [0.1, 0.15) is 0 Å². The first-order chi connectivity index (χ1) is 10.4. The van der Waals surface area contributed by atoms with E-state index >= 15 is 0 Å². The summed E-state index contributed by atoms with van der Waals surface area (Å²) < 4.78 is 81.9. The highest BCUT2D eigenvalue weighted by Crippen LogP contribution is 2.06. The Morgan fingerprint density at radius 3 is 1.00 bits per heavy atom. The highest BCUT2D eigenvalue weighted by atomic mass is 19.2. The van der Waals surface area contributed by atoms with E-state index in [4.69, 9.17) is 0 Å². The highest BCUT2D eigenvalue weighted by Gasteiger charge is 2.41. The van der Waals surface area contributed by atoms with Crippen LogP contribution in [0, 0.1) is 35.7 Å². The van der Waals surface area contributed by atoms with Crippen LogP contribution in [0.4, 0.5) is 26.3 Å². The molecule has 0 aliphatic carbocycles. The van der Waals surface area contributed by atoms with Crippen molar-refractivity contribution in [1.29, 1.82) is 0 Å². The monoisotopic (exact) mass is 320 g/mol. The number of aromatic amines is 3. The number of halogens is 6. The molecule has 3 N–H and O–H groups in total. The van der Waals surface area contributed by atoms with E-state index in [2.05, 4.69) is 15.3 Å². The van der Waals surface area contributed by atoms with E-state index in [1.165, 1.54) is 0 Å². The molecule has 13 heteroatoms. The smallest absolute Gasteiger partial charge is 0.251 e. The van der Waals surface area contributed by atoms with E-state index in [-0.39, 0.29) is 0 Å². The first kappa shape index (κ1) is 14.2. The average Bonchev–Trinajstić information content (AvgIpc) is 3.08. The number of rotatable bonds is 3. The molecular weight excluding hydrogens is 317 g/mol. The van der Waals surface area contributed by atoms with Crippen LogP contribution >= 0.6 is 0 Å². The minimum Gasteiger partial charge on any atom is -0.251 e. The van der Waals surface area contributed by atoms with E-state index in [0.717, 1.165) is 0 Å². The lowest BCUT2D eigenvalue weighted by atomic mass is 9.37. The second kappa shape index (κ2) is 4.93. The van der Waals surface area contributed by atoms with Gasteiger partial charge in [0.2, 0.25) is 35.7 Å². The first-order valence-corrected chi connectivity index (χ1v) is 5.59. The number of nitrogens with zero attached hydrogens (tertiary/aromatic N) is 3. The van der Waals surface area contributed by atoms with E-state index in [1.54, 1.807) is 15.3 Å². The molecule has 0 aliphatic heterocycles. The maximum absolute atomic E-state index is 13.7. The second-order valence-electron chi connectivity index (χ2n) is 4.16. The van der Waals surface area contributed by atoms with Crippen LogP contribution < -0.4 is 16.4 Å². The summed E-state index contributed by atoms with van der Waals surface area (Å²) in [5, 5.41) is 13.3. The quantitative estimate of drug-likeness (QED) is 0.437. The number of hydrogen-bond donors (Lipinski definition) is 3. The third kappa shape index (κ3) is 1.96. The molecule has 3 aromatic heterocycles. The average molecular weight is 320 g/mol. The Bertz CT molecular complexity index is 671. The van der Waals surface area contributed by atoms with Crippen molar-refractivity contribution in [1.82, 2.24) is 30.6 Å². The molecule has 0 atom stereocenters. The molecule has 0 radical (unpaired) electrons. The standard InChI is InChI=1S/C9H3BF6N6/c11-4-1(5(12)18-17-4)10(2-6(13)19-20-7(2)14)3-8(15)21-22-9(3)16/h(H,17,18)(H,19,20)(H,21,22). The summed E-state index contributed by atoms with van der Waals surface area (Å²) in [4.78, 5) is 0. The van der Waals surface area contributed by atoms with Crippen LogP contribution in [0.3, 0.4) is 0 Å². The Kier molecular flexibility index (Phi) is 3.18. The summed E-state index contributed by atoms with van der Waals surface area (Å²) in [6, 6.07) is 0. The van der Waals surface area contributed by atoms with Gasteiger partial charge in [-0.1, -0.05) is 0 Å². The van der Waals surface area contributed by atoms with Crippen molar-refractivity contribution in [3.05, 3.63) is 35.7 Å². The van der Waals surface area contributed by atoms with Crippen LogP contribution in [0.2, 0.25) is 0 Å². The second-order valence-corrected chi connectivity index (χ2v) is 4.16. The molecule has 0 aromatic carbocycles. The summed E-state index contributed by atoms with van der Waals surface area (Å²) in [6.07, 6.45) is 0. The fourth-order valence-electron chi connectivity index (χ4n) is 2.10.